The minimum atomic E-state index is -3.64. The summed E-state index contributed by atoms with van der Waals surface area (Å²) < 4.78 is 33.2. The van der Waals surface area contributed by atoms with Gasteiger partial charge in [0.1, 0.15) is 11.5 Å². The van der Waals surface area contributed by atoms with Gasteiger partial charge in [0, 0.05) is 5.69 Å². The predicted octanol–water partition coefficient (Wildman–Crippen LogP) is 4.37. The second kappa shape index (κ2) is 11.2. The molecule has 0 aliphatic carbocycles. The molecule has 180 valence electrons. The van der Waals surface area contributed by atoms with Crippen molar-refractivity contribution >= 4 is 33.2 Å². The van der Waals surface area contributed by atoms with Gasteiger partial charge in [-0.15, -0.1) is 10.2 Å². The van der Waals surface area contributed by atoms with Crippen LogP contribution in [0.25, 0.3) is 5.69 Å². The summed E-state index contributed by atoms with van der Waals surface area (Å²) in [7, 11) is -3.64. The standard InChI is InChI=1S/C25H24N4O4S2/c1-2-33-22-16-10-9-15-21(22)26-24(30)17-34-25-28-27-23(29(25)19-11-5-3-6-12-19)18-35(31,32)20-13-7-4-8-14-20/h3-16H,2,17-18H2,1H3,(H,26,30). The lowest BCUT2D eigenvalue weighted by Crippen LogP contribution is -2.16. The van der Waals surface area contributed by atoms with E-state index in [1.54, 1.807) is 47.0 Å². The van der Waals surface area contributed by atoms with Crippen molar-refractivity contribution in [2.24, 2.45) is 0 Å². The molecule has 0 atom stereocenters. The molecule has 0 unspecified atom stereocenters. The van der Waals surface area contributed by atoms with E-state index < -0.39 is 9.84 Å². The minimum Gasteiger partial charge on any atom is -0.492 e. The van der Waals surface area contributed by atoms with E-state index in [1.165, 1.54) is 11.8 Å². The van der Waals surface area contributed by atoms with Crippen molar-refractivity contribution in [2.45, 2.75) is 22.7 Å². The zero-order valence-electron chi connectivity index (χ0n) is 19.0. The maximum Gasteiger partial charge on any atom is 0.234 e. The van der Waals surface area contributed by atoms with E-state index >= 15 is 0 Å². The Bertz CT molecular complexity index is 1390. The van der Waals surface area contributed by atoms with Crippen LogP contribution in [0.2, 0.25) is 0 Å². The number of carbonyl (C=O) groups excluding carboxylic acids is 1. The SMILES string of the molecule is CCOc1ccccc1NC(=O)CSc1nnc(CS(=O)(=O)c2ccccc2)n1-c1ccccc1. The zero-order chi connectivity index (χ0) is 24.7. The number of sulfone groups is 1. The Morgan fingerprint density at radius 1 is 0.943 bits per heavy atom. The Labute approximate surface area is 208 Å². The molecule has 4 rings (SSSR count). The number of nitrogens with zero attached hydrogens (tertiary/aromatic N) is 3. The van der Waals surface area contributed by atoms with Crippen LogP contribution in [0.5, 0.6) is 5.75 Å². The van der Waals surface area contributed by atoms with Gasteiger partial charge in [0.2, 0.25) is 5.91 Å². The van der Waals surface area contributed by atoms with Crippen molar-refractivity contribution in [3.63, 3.8) is 0 Å². The summed E-state index contributed by atoms with van der Waals surface area (Å²) >= 11 is 1.17. The largest absolute Gasteiger partial charge is 0.492 e. The predicted molar refractivity (Wildman–Crippen MR) is 136 cm³/mol. The van der Waals surface area contributed by atoms with Gasteiger partial charge in [0.05, 0.1) is 22.9 Å². The molecule has 1 amide bonds. The maximum atomic E-state index is 13.0. The summed E-state index contributed by atoms with van der Waals surface area (Å²) in [5.41, 5.74) is 1.29. The summed E-state index contributed by atoms with van der Waals surface area (Å²) in [5, 5.41) is 11.6. The molecule has 1 aromatic heterocycles. The molecular weight excluding hydrogens is 484 g/mol. The molecule has 4 aromatic rings. The first-order valence-corrected chi connectivity index (χ1v) is 13.5. The van der Waals surface area contributed by atoms with E-state index in [4.69, 9.17) is 4.74 Å². The summed E-state index contributed by atoms with van der Waals surface area (Å²) in [6, 6.07) is 24.7. The van der Waals surface area contributed by atoms with Crippen LogP contribution in [-0.4, -0.2) is 41.4 Å². The van der Waals surface area contributed by atoms with Crippen LogP contribution in [-0.2, 0) is 20.4 Å². The molecule has 3 aromatic carbocycles. The summed E-state index contributed by atoms with van der Waals surface area (Å²) in [6.45, 7) is 2.36. The van der Waals surface area contributed by atoms with Crippen molar-refractivity contribution in [1.82, 2.24) is 14.8 Å². The molecule has 0 bridgehead atoms. The molecule has 8 nitrogen and oxygen atoms in total. The molecule has 0 aliphatic rings. The number of ether oxygens (including phenoxy) is 1. The minimum absolute atomic E-state index is 0.0524. The number of hydrogen-bond acceptors (Lipinski definition) is 7. The lowest BCUT2D eigenvalue weighted by molar-refractivity contribution is -0.113. The maximum absolute atomic E-state index is 13.0. The third-order valence-electron chi connectivity index (χ3n) is 4.93. The fourth-order valence-electron chi connectivity index (χ4n) is 3.37. The van der Waals surface area contributed by atoms with E-state index in [2.05, 4.69) is 15.5 Å². The van der Waals surface area contributed by atoms with E-state index in [1.807, 2.05) is 49.4 Å². The molecule has 35 heavy (non-hydrogen) atoms. The van der Waals surface area contributed by atoms with Crippen LogP contribution in [0.15, 0.2) is 95.0 Å². The molecule has 0 saturated carbocycles. The van der Waals surface area contributed by atoms with Crippen LogP contribution < -0.4 is 10.1 Å². The normalized spacial score (nSPS) is 11.2. The number of aromatic nitrogens is 3. The van der Waals surface area contributed by atoms with Gasteiger partial charge < -0.3 is 10.1 Å². The molecule has 0 fully saturated rings. The molecule has 0 saturated heterocycles. The zero-order valence-corrected chi connectivity index (χ0v) is 20.6. The number of hydrogen-bond donors (Lipinski definition) is 1. The Morgan fingerprint density at radius 2 is 1.60 bits per heavy atom. The van der Waals surface area contributed by atoms with Gasteiger partial charge >= 0.3 is 0 Å². The fourth-order valence-corrected chi connectivity index (χ4v) is 5.41. The van der Waals surface area contributed by atoms with Crippen LogP contribution in [0.3, 0.4) is 0 Å². The highest BCUT2D eigenvalue weighted by atomic mass is 32.2. The highest BCUT2D eigenvalue weighted by Gasteiger charge is 2.23. The van der Waals surface area contributed by atoms with E-state index in [0.717, 1.165) is 0 Å². The first-order chi connectivity index (χ1) is 17.0. The third kappa shape index (κ3) is 6.09. The number of para-hydroxylation sites is 3. The van der Waals surface area contributed by atoms with Crippen LogP contribution in [0, 0.1) is 0 Å². The molecule has 0 spiro atoms. The molecular formula is C25H24N4O4S2. The highest BCUT2D eigenvalue weighted by molar-refractivity contribution is 7.99. The number of thioether (sulfide) groups is 1. The van der Waals surface area contributed by atoms with Crippen molar-refractivity contribution in [1.29, 1.82) is 0 Å². The Balaban J connectivity index is 1.56. The number of anilines is 1. The van der Waals surface area contributed by atoms with E-state index in [0.29, 0.717) is 28.9 Å². The van der Waals surface area contributed by atoms with Crippen molar-refractivity contribution in [2.75, 3.05) is 17.7 Å². The number of amides is 1. The molecule has 0 radical (unpaired) electrons. The lowest BCUT2D eigenvalue weighted by atomic mass is 10.3. The number of nitrogens with one attached hydrogen (secondary N) is 1. The van der Waals surface area contributed by atoms with Gasteiger partial charge in [0.25, 0.3) is 0 Å². The van der Waals surface area contributed by atoms with Crippen molar-refractivity contribution < 1.29 is 17.9 Å². The lowest BCUT2D eigenvalue weighted by Gasteiger charge is -2.12. The molecule has 10 heteroatoms. The van der Waals surface area contributed by atoms with Gasteiger partial charge in [-0.2, -0.15) is 0 Å². The summed E-state index contributed by atoms with van der Waals surface area (Å²) in [5.74, 6) is 0.339. The fraction of sp³-hybridized carbons (Fsp3) is 0.160. The topological polar surface area (TPSA) is 103 Å². The van der Waals surface area contributed by atoms with Gasteiger partial charge in [-0.25, -0.2) is 8.42 Å². The summed E-state index contributed by atoms with van der Waals surface area (Å²) in [4.78, 5) is 12.9. The van der Waals surface area contributed by atoms with Gasteiger partial charge in [-0.1, -0.05) is 60.3 Å². The smallest absolute Gasteiger partial charge is 0.234 e. The number of benzene rings is 3. The molecule has 1 N–H and O–H groups in total. The monoisotopic (exact) mass is 508 g/mol. The quantitative estimate of drug-likeness (QED) is 0.317. The van der Waals surface area contributed by atoms with E-state index in [9.17, 15) is 13.2 Å². The molecule has 0 aliphatic heterocycles. The van der Waals surface area contributed by atoms with Gasteiger partial charge in [-0.05, 0) is 43.3 Å². The first kappa shape index (κ1) is 24.5. The van der Waals surface area contributed by atoms with Crippen LogP contribution >= 0.6 is 11.8 Å². The van der Waals surface area contributed by atoms with Crippen molar-refractivity contribution in [3.05, 3.63) is 90.8 Å². The number of rotatable bonds is 10. The summed E-state index contributed by atoms with van der Waals surface area (Å²) in [6.07, 6.45) is 0. The van der Waals surface area contributed by atoms with Crippen LogP contribution in [0.1, 0.15) is 12.7 Å². The van der Waals surface area contributed by atoms with Crippen LogP contribution in [0.4, 0.5) is 5.69 Å². The number of carbonyl (C=O) groups is 1. The van der Waals surface area contributed by atoms with Gasteiger partial charge in [0.15, 0.2) is 20.8 Å². The average molecular weight is 509 g/mol. The second-order valence-electron chi connectivity index (χ2n) is 7.41. The Hall–Kier alpha value is -3.63. The Kier molecular flexibility index (Phi) is 7.84. The third-order valence-corrected chi connectivity index (χ3v) is 7.49. The molecule has 1 heterocycles. The highest BCUT2D eigenvalue weighted by Crippen LogP contribution is 2.27. The second-order valence-corrected chi connectivity index (χ2v) is 10.3. The first-order valence-electron chi connectivity index (χ1n) is 10.9. The van der Waals surface area contributed by atoms with Gasteiger partial charge in [-0.3, -0.25) is 9.36 Å². The Morgan fingerprint density at radius 3 is 2.31 bits per heavy atom. The average Bonchev–Trinajstić information content (AvgIpc) is 3.27. The van der Waals surface area contributed by atoms with E-state index in [-0.39, 0.29) is 28.1 Å². The van der Waals surface area contributed by atoms with Crippen molar-refractivity contribution in [3.8, 4) is 11.4 Å².